The van der Waals surface area contributed by atoms with E-state index in [1.54, 1.807) is 67.1 Å². The Morgan fingerprint density at radius 3 is 2.29 bits per heavy atom. The Bertz CT molecular complexity index is 2090. The SMILES string of the molecule is COC(=O)c1ccc(Cn2cc(-c3ccc(Cl)cc3Cl)nc2C=Cc2ccc(-c3ccc(NC(=O)OC(C)C)c(OC)c3)cc2)c(C(F)(F)F)c1. The average Bonchev–Trinajstić information content (AvgIpc) is 3.48. The van der Waals surface area contributed by atoms with Crippen LogP contribution in [0.1, 0.15) is 46.7 Å². The third-order valence-electron chi connectivity index (χ3n) is 7.64. The first-order valence-electron chi connectivity index (χ1n) is 15.5. The smallest absolute Gasteiger partial charge is 0.416 e. The van der Waals surface area contributed by atoms with Crippen molar-refractivity contribution in [2.75, 3.05) is 19.5 Å². The van der Waals surface area contributed by atoms with Crippen molar-refractivity contribution >= 4 is 53.1 Å². The maximum atomic E-state index is 14.2. The molecule has 0 aliphatic carbocycles. The van der Waals surface area contributed by atoms with Crippen LogP contribution < -0.4 is 10.1 Å². The molecule has 264 valence electrons. The molecule has 0 aliphatic rings. The molecule has 1 aromatic heterocycles. The molecule has 0 unspecified atom stereocenters. The summed E-state index contributed by atoms with van der Waals surface area (Å²) in [5.41, 5.74) is 2.68. The van der Waals surface area contributed by atoms with Gasteiger partial charge in [-0.3, -0.25) is 5.32 Å². The van der Waals surface area contributed by atoms with Gasteiger partial charge >= 0.3 is 18.2 Å². The Morgan fingerprint density at radius 1 is 0.922 bits per heavy atom. The lowest BCUT2D eigenvalue weighted by molar-refractivity contribution is -0.138. The summed E-state index contributed by atoms with van der Waals surface area (Å²) in [6.07, 6.45) is -0.511. The molecule has 1 N–H and O–H groups in total. The molecule has 0 fully saturated rings. The number of carbonyl (C=O) groups excluding carboxylic acids is 2. The fourth-order valence-corrected chi connectivity index (χ4v) is 5.71. The van der Waals surface area contributed by atoms with Crippen LogP contribution in [0, 0.1) is 0 Å². The minimum atomic E-state index is -4.74. The van der Waals surface area contributed by atoms with Gasteiger partial charge < -0.3 is 18.8 Å². The molecule has 0 bridgehead atoms. The normalized spacial score (nSPS) is 11.6. The first-order chi connectivity index (χ1) is 24.2. The van der Waals surface area contributed by atoms with E-state index >= 15 is 0 Å². The Kier molecular flexibility index (Phi) is 11.4. The van der Waals surface area contributed by atoms with Gasteiger partial charge in [0.25, 0.3) is 0 Å². The van der Waals surface area contributed by atoms with Crippen LogP contribution in [-0.4, -0.2) is 41.9 Å². The average molecular weight is 739 g/mol. The number of nitrogens with zero attached hydrogens (tertiary/aromatic N) is 2. The molecule has 1 heterocycles. The van der Waals surface area contributed by atoms with Gasteiger partial charge in [-0.15, -0.1) is 0 Å². The molecule has 5 rings (SSSR count). The van der Waals surface area contributed by atoms with Gasteiger partial charge in [0.15, 0.2) is 0 Å². The second-order valence-electron chi connectivity index (χ2n) is 11.5. The number of esters is 1. The number of hydrogen-bond acceptors (Lipinski definition) is 6. The van der Waals surface area contributed by atoms with Crippen molar-refractivity contribution < 1.29 is 37.0 Å². The summed E-state index contributed by atoms with van der Waals surface area (Å²) in [5, 5.41) is 3.43. The molecule has 1 amide bonds. The van der Waals surface area contributed by atoms with Crippen LogP contribution in [0.15, 0.2) is 85.1 Å². The number of imidazole rings is 1. The van der Waals surface area contributed by atoms with Crippen LogP contribution in [0.3, 0.4) is 0 Å². The largest absolute Gasteiger partial charge is 0.495 e. The number of anilines is 1. The number of hydrogen-bond donors (Lipinski definition) is 1. The Labute approximate surface area is 302 Å². The van der Waals surface area contributed by atoms with Gasteiger partial charge in [-0.05, 0) is 84.6 Å². The molecular formula is C38H32Cl2F3N3O5. The second kappa shape index (κ2) is 15.7. The van der Waals surface area contributed by atoms with E-state index in [2.05, 4.69) is 10.1 Å². The zero-order chi connectivity index (χ0) is 36.9. The predicted octanol–water partition coefficient (Wildman–Crippen LogP) is 10.5. The number of nitrogens with one attached hydrogen (secondary N) is 1. The van der Waals surface area contributed by atoms with Crippen molar-refractivity contribution in [3.05, 3.63) is 123 Å². The molecule has 0 spiro atoms. The van der Waals surface area contributed by atoms with Crippen LogP contribution in [0.4, 0.5) is 23.7 Å². The summed E-state index contributed by atoms with van der Waals surface area (Å²) in [6.45, 7) is 3.29. The highest BCUT2D eigenvalue weighted by Gasteiger charge is 2.34. The maximum Gasteiger partial charge on any atom is 0.416 e. The Hall–Kier alpha value is -5.26. The van der Waals surface area contributed by atoms with Crippen molar-refractivity contribution in [3.8, 4) is 28.1 Å². The van der Waals surface area contributed by atoms with E-state index in [1.807, 2.05) is 30.3 Å². The van der Waals surface area contributed by atoms with Crippen molar-refractivity contribution in [1.29, 1.82) is 0 Å². The molecular weight excluding hydrogens is 706 g/mol. The Balaban J connectivity index is 1.46. The van der Waals surface area contributed by atoms with Gasteiger partial charge in [0.2, 0.25) is 0 Å². The summed E-state index contributed by atoms with van der Waals surface area (Å²) in [5.74, 6) is -0.0656. The molecule has 0 saturated heterocycles. The summed E-state index contributed by atoms with van der Waals surface area (Å²) < 4.78 is 59.4. The van der Waals surface area contributed by atoms with Crippen LogP contribution in [0.25, 0.3) is 34.5 Å². The number of carbonyl (C=O) groups is 2. The van der Waals surface area contributed by atoms with E-state index in [0.29, 0.717) is 38.6 Å². The zero-order valence-electron chi connectivity index (χ0n) is 27.8. The first kappa shape index (κ1) is 37.0. The van der Waals surface area contributed by atoms with Crippen LogP contribution in [0.2, 0.25) is 10.0 Å². The summed E-state index contributed by atoms with van der Waals surface area (Å²) in [7, 11) is 2.61. The standard InChI is InChI=1S/C38H32Cl2F3N3O5/c1-22(2)51-37(48)45-32-15-12-25(18-34(32)49-3)24-8-5-23(6-9-24)7-16-35-44-33(29-14-13-28(39)19-31(29)40)21-46(35)20-27-11-10-26(36(47)50-4)17-30(27)38(41,42)43/h5-19,21-22H,20H2,1-4H3,(H,45,48). The van der Waals surface area contributed by atoms with Gasteiger partial charge in [0, 0.05) is 23.3 Å². The molecule has 0 radical (unpaired) electrons. The number of methoxy groups -OCH3 is 2. The van der Waals surface area contributed by atoms with Crippen LogP contribution >= 0.6 is 23.2 Å². The summed E-state index contributed by atoms with van der Waals surface area (Å²) >= 11 is 12.6. The highest BCUT2D eigenvalue weighted by molar-refractivity contribution is 6.36. The number of rotatable bonds is 10. The van der Waals surface area contributed by atoms with Gasteiger partial charge in [0.1, 0.15) is 11.6 Å². The minimum absolute atomic E-state index is 0.0752. The molecule has 0 aliphatic heterocycles. The molecule has 13 heteroatoms. The maximum absolute atomic E-state index is 14.2. The van der Waals surface area contributed by atoms with Crippen LogP contribution in [0.5, 0.6) is 5.75 Å². The van der Waals surface area contributed by atoms with Crippen LogP contribution in [-0.2, 0) is 22.2 Å². The van der Waals surface area contributed by atoms with Gasteiger partial charge in [-0.1, -0.05) is 65.7 Å². The lowest BCUT2D eigenvalue weighted by atomic mass is 10.0. The lowest BCUT2D eigenvalue weighted by Crippen LogP contribution is -2.18. The van der Waals surface area contributed by atoms with Crippen molar-refractivity contribution in [3.63, 3.8) is 0 Å². The zero-order valence-corrected chi connectivity index (χ0v) is 29.4. The minimum Gasteiger partial charge on any atom is -0.495 e. The van der Waals surface area contributed by atoms with Gasteiger partial charge in [-0.25, -0.2) is 14.6 Å². The molecule has 8 nitrogen and oxygen atoms in total. The van der Waals surface area contributed by atoms with E-state index in [-0.39, 0.29) is 23.8 Å². The summed E-state index contributed by atoms with van der Waals surface area (Å²) in [6, 6.07) is 21.1. The number of benzene rings is 4. The van der Waals surface area contributed by atoms with E-state index < -0.39 is 23.8 Å². The second-order valence-corrected chi connectivity index (χ2v) is 12.4. The molecule has 51 heavy (non-hydrogen) atoms. The van der Waals surface area contributed by atoms with Gasteiger partial charge in [-0.2, -0.15) is 13.2 Å². The predicted molar refractivity (Wildman–Crippen MR) is 192 cm³/mol. The third-order valence-corrected chi connectivity index (χ3v) is 8.19. The van der Waals surface area contributed by atoms with Crippen molar-refractivity contribution in [1.82, 2.24) is 9.55 Å². The number of aromatic nitrogens is 2. The molecule has 0 saturated carbocycles. The fourth-order valence-electron chi connectivity index (χ4n) is 5.21. The van der Waals surface area contributed by atoms with Crippen molar-refractivity contribution in [2.24, 2.45) is 0 Å². The number of halogens is 5. The number of amides is 1. The van der Waals surface area contributed by atoms with Gasteiger partial charge in [0.05, 0.1) is 47.9 Å². The highest BCUT2D eigenvalue weighted by atomic mass is 35.5. The topological polar surface area (TPSA) is 91.7 Å². The number of ether oxygens (including phenoxy) is 3. The fraction of sp³-hybridized carbons (Fsp3) is 0.184. The van der Waals surface area contributed by atoms with E-state index in [4.69, 9.17) is 37.7 Å². The van der Waals surface area contributed by atoms with Crippen molar-refractivity contribution in [2.45, 2.75) is 32.7 Å². The quantitative estimate of drug-likeness (QED) is 0.143. The number of alkyl halides is 3. The molecule has 4 aromatic carbocycles. The van der Waals surface area contributed by atoms with E-state index in [0.717, 1.165) is 29.9 Å². The monoisotopic (exact) mass is 737 g/mol. The summed E-state index contributed by atoms with van der Waals surface area (Å²) in [4.78, 5) is 28.8. The highest BCUT2D eigenvalue weighted by Crippen LogP contribution is 2.35. The Morgan fingerprint density at radius 2 is 1.65 bits per heavy atom. The first-order valence-corrected chi connectivity index (χ1v) is 16.3. The third kappa shape index (κ3) is 9.11. The molecule has 0 atom stereocenters. The van der Waals surface area contributed by atoms with E-state index in [1.165, 1.54) is 19.2 Å². The molecule has 5 aromatic rings. The van der Waals surface area contributed by atoms with E-state index in [9.17, 15) is 22.8 Å². The lowest BCUT2D eigenvalue weighted by Gasteiger charge is -2.15.